The second-order valence-electron chi connectivity index (χ2n) is 8.52. The number of fused-ring (bicyclic) bond motifs is 4. The normalized spacial score (nSPS) is 18.4. The molecular formula is C24H25N5O2. The van der Waals surface area contributed by atoms with Gasteiger partial charge in [0.25, 0.3) is 11.8 Å². The summed E-state index contributed by atoms with van der Waals surface area (Å²) < 4.78 is 4.05. The van der Waals surface area contributed by atoms with Crippen LogP contribution in [0.25, 0.3) is 21.9 Å². The second kappa shape index (κ2) is 6.97. The maximum absolute atomic E-state index is 13.2. The van der Waals surface area contributed by atoms with Crippen molar-refractivity contribution in [2.45, 2.75) is 45.8 Å². The summed E-state index contributed by atoms with van der Waals surface area (Å²) in [5.74, 6) is 0.217. The Bertz CT molecular complexity index is 1350. The Hall–Kier alpha value is -3.61. The van der Waals surface area contributed by atoms with Crippen LogP contribution in [0.15, 0.2) is 48.5 Å². The number of aromatic nitrogens is 3. The van der Waals surface area contributed by atoms with E-state index in [1.807, 2.05) is 58.5 Å². The summed E-state index contributed by atoms with van der Waals surface area (Å²) in [6, 6.07) is 15.5. The molecule has 2 amide bonds. The fourth-order valence-electron chi connectivity index (χ4n) is 4.43. The van der Waals surface area contributed by atoms with Gasteiger partial charge >= 0.3 is 0 Å². The molecule has 2 aromatic heterocycles. The number of amides is 2. The Morgan fingerprint density at radius 1 is 1.10 bits per heavy atom. The minimum Gasteiger partial charge on any atom is -0.346 e. The Labute approximate surface area is 180 Å². The topological polar surface area (TPSA) is 81.0 Å². The van der Waals surface area contributed by atoms with E-state index < -0.39 is 0 Å². The highest BCUT2D eigenvalue weighted by Crippen LogP contribution is 2.30. The molecule has 31 heavy (non-hydrogen) atoms. The van der Waals surface area contributed by atoms with Crippen LogP contribution in [-0.2, 0) is 0 Å². The number of para-hydroxylation sites is 2. The van der Waals surface area contributed by atoms with Gasteiger partial charge in [0.2, 0.25) is 5.95 Å². The van der Waals surface area contributed by atoms with Crippen molar-refractivity contribution < 1.29 is 9.59 Å². The van der Waals surface area contributed by atoms with Crippen LogP contribution in [0.5, 0.6) is 0 Å². The molecular weight excluding hydrogens is 390 g/mol. The molecule has 0 unspecified atom stereocenters. The number of hydrogen-bond acceptors (Lipinski definition) is 3. The van der Waals surface area contributed by atoms with Gasteiger partial charge in [0, 0.05) is 28.6 Å². The van der Waals surface area contributed by atoms with Gasteiger partial charge in [-0.3, -0.25) is 14.9 Å². The number of carbonyl (C=O) groups excluding carboxylic acids is 2. The quantitative estimate of drug-likeness (QED) is 0.516. The van der Waals surface area contributed by atoms with E-state index >= 15 is 0 Å². The molecule has 1 aliphatic rings. The van der Waals surface area contributed by atoms with Crippen molar-refractivity contribution in [3.8, 4) is 0 Å². The van der Waals surface area contributed by atoms with E-state index in [-0.39, 0.29) is 29.9 Å². The van der Waals surface area contributed by atoms with Crippen LogP contribution in [0, 0.1) is 0 Å². The van der Waals surface area contributed by atoms with Crippen LogP contribution in [0.4, 0.5) is 5.95 Å². The zero-order chi connectivity index (χ0) is 21.9. The molecule has 2 atom stereocenters. The van der Waals surface area contributed by atoms with Gasteiger partial charge < -0.3 is 14.5 Å². The monoisotopic (exact) mass is 415 g/mol. The highest BCUT2D eigenvalue weighted by atomic mass is 16.2. The van der Waals surface area contributed by atoms with Gasteiger partial charge in [-0.1, -0.05) is 18.2 Å². The fraction of sp³-hybridized carbons (Fsp3) is 0.292. The number of carbonyl (C=O) groups is 2. The molecule has 0 saturated carbocycles. The summed E-state index contributed by atoms with van der Waals surface area (Å²) in [6.45, 7) is 8.20. The lowest BCUT2D eigenvalue weighted by molar-refractivity contribution is 0.0891. The van der Waals surface area contributed by atoms with Gasteiger partial charge in [0.1, 0.15) is 5.69 Å². The van der Waals surface area contributed by atoms with E-state index in [9.17, 15) is 9.59 Å². The van der Waals surface area contributed by atoms with E-state index in [0.717, 1.165) is 21.9 Å². The number of hydrogen-bond donors (Lipinski definition) is 2. The average Bonchev–Trinajstić information content (AvgIpc) is 3.30. The minimum atomic E-state index is -0.226. The van der Waals surface area contributed by atoms with Crippen molar-refractivity contribution in [1.29, 1.82) is 0 Å². The third-order valence-electron chi connectivity index (χ3n) is 6.16. The predicted octanol–water partition coefficient (Wildman–Crippen LogP) is 4.52. The van der Waals surface area contributed by atoms with Crippen molar-refractivity contribution in [3.63, 3.8) is 0 Å². The molecule has 1 aliphatic heterocycles. The van der Waals surface area contributed by atoms with Crippen LogP contribution in [0.1, 0.15) is 60.6 Å². The zero-order valence-electron chi connectivity index (χ0n) is 18.0. The Morgan fingerprint density at radius 3 is 2.65 bits per heavy atom. The van der Waals surface area contributed by atoms with E-state index in [4.69, 9.17) is 0 Å². The van der Waals surface area contributed by atoms with Crippen molar-refractivity contribution in [1.82, 2.24) is 19.4 Å². The minimum absolute atomic E-state index is 0.0130. The second-order valence-corrected chi connectivity index (χ2v) is 8.52. The Morgan fingerprint density at radius 2 is 1.87 bits per heavy atom. The summed E-state index contributed by atoms with van der Waals surface area (Å²) in [6.07, 6.45) is 0. The fourth-order valence-corrected chi connectivity index (χ4v) is 4.43. The third kappa shape index (κ3) is 3.00. The van der Waals surface area contributed by atoms with Gasteiger partial charge in [0.05, 0.1) is 17.1 Å². The van der Waals surface area contributed by atoms with Gasteiger partial charge in [-0.05, 0) is 58.0 Å². The SMILES string of the molecule is CC(C)n1c(NC(=O)c2ccc3cc4n(c3c2)[C@@H](C)[C@@H](C)NC4=O)nc2ccccc21. The van der Waals surface area contributed by atoms with Gasteiger partial charge in [-0.2, -0.15) is 0 Å². The maximum atomic E-state index is 13.2. The first-order chi connectivity index (χ1) is 14.8. The van der Waals surface area contributed by atoms with Crippen LogP contribution < -0.4 is 10.6 Å². The summed E-state index contributed by atoms with van der Waals surface area (Å²) >= 11 is 0. The number of anilines is 1. The highest BCUT2D eigenvalue weighted by Gasteiger charge is 2.29. The highest BCUT2D eigenvalue weighted by molar-refractivity contribution is 6.07. The van der Waals surface area contributed by atoms with Crippen LogP contribution in [0.3, 0.4) is 0 Å². The van der Waals surface area contributed by atoms with Gasteiger partial charge in [0.15, 0.2) is 0 Å². The van der Waals surface area contributed by atoms with Crippen LogP contribution in [-0.4, -0.2) is 32.0 Å². The van der Waals surface area contributed by atoms with E-state index in [0.29, 0.717) is 17.2 Å². The zero-order valence-corrected chi connectivity index (χ0v) is 18.0. The lowest BCUT2D eigenvalue weighted by Gasteiger charge is -2.30. The molecule has 3 heterocycles. The van der Waals surface area contributed by atoms with Crippen molar-refractivity contribution >= 4 is 39.7 Å². The number of nitrogens with zero attached hydrogens (tertiary/aromatic N) is 3. The van der Waals surface area contributed by atoms with E-state index in [1.54, 1.807) is 6.07 Å². The van der Waals surface area contributed by atoms with E-state index in [1.165, 1.54) is 0 Å². The predicted molar refractivity (Wildman–Crippen MR) is 122 cm³/mol. The Kier molecular flexibility index (Phi) is 4.36. The van der Waals surface area contributed by atoms with Gasteiger partial charge in [-0.25, -0.2) is 4.98 Å². The molecule has 5 rings (SSSR count). The summed E-state index contributed by atoms with van der Waals surface area (Å²) in [7, 11) is 0. The molecule has 0 spiro atoms. The summed E-state index contributed by atoms with van der Waals surface area (Å²) in [5.41, 5.74) is 3.87. The molecule has 0 saturated heterocycles. The summed E-state index contributed by atoms with van der Waals surface area (Å²) in [4.78, 5) is 30.2. The molecule has 158 valence electrons. The molecule has 2 aromatic carbocycles. The molecule has 0 aliphatic carbocycles. The molecule has 4 aromatic rings. The van der Waals surface area contributed by atoms with Crippen molar-refractivity contribution in [3.05, 3.63) is 59.8 Å². The number of imidazole rings is 1. The molecule has 0 fully saturated rings. The summed E-state index contributed by atoms with van der Waals surface area (Å²) in [5, 5.41) is 6.93. The van der Waals surface area contributed by atoms with Gasteiger partial charge in [-0.15, -0.1) is 0 Å². The molecule has 7 heteroatoms. The first-order valence-corrected chi connectivity index (χ1v) is 10.6. The molecule has 2 N–H and O–H groups in total. The lowest BCUT2D eigenvalue weighted by Crippen LogP contribution is -2.44. The van der Waals surface area contributed by atoms with E-state index in [2.05, 4.69) is 36.4 Å². The Balaban J connectivity index is 1.55. The van der Waals surface area contributed by atoms with Crippen molar-refractivity contribution in [2.75, 3.05) is 5.32 Å². The first-order valence-electron chi connectivity index (χ1n) is 10.6. The molecule has 0 bridgehead atoms. The largest absolute Gasteiger partial charge is 0.346 e. The smallest absolute Gasteiger partial charge is 0.268 e. The average molecular weight is 415 g/mol. The van der Waals surface area contributed by atoms with Crippen LogP contribution in [0.2, 0.25) is 0 Å². The number of nitrogens with one attached hydrogen (secondary N) is 2. The van der Waals surface area contributed by atoms with Crippen LogP contribution >= 0.6 is 0 Å². The lowest BCUT2D eigenvalue weighted by atomic mass is 10.1. The molecule has 7 nitrogen and oxygen atoms in total. The first kappa shape index (κ1) is 19.4. The maximum Gasteiger partial charge on any atom is 0.268 e. The standard InChI is InChI=1S/C24H25N5O2/c1-13(2)28-19-8-6-5-7-18(19)26-24(28)27-22(30)17-10-9-16-11-21-23(31)25-14(3)15(4)29(21)20(16)12-17/h5-15H,1-4H3,(H,25,31)(H,26,27,30)/t14-,15+/m1/s1. The number of benzene rings is 2. The third-order valence-corrected chi connectivity index (χ3v) is 6.16. The van der Waals surface area contributed by atoms with Crippen molar-refractivity contribution in [2.24, 2.45) is 0 Å². The molecule has 0 radical (unpaired) electrons. The number of rotatable bonds is 3.